The standard InChI is InChI=1S/C19H17NO2S/c1-19(2)17-12-6-4-5-7-16(12)23-18(17)13-8-11(10-21)15(22)9-14(13)20(19)3/h4-10,22H,1-3H3. The minimum atomic E-state index is -0.197. The van der Waals surface area contributed by atoms with Gasteiger partial charge < -0.3 is 10.0 Å². The molecule has 3 aromatic rings. The zero-order chi connectivity index (χ0) is 16.4. The van der Waals surface area contributed by atoms with E-state index in [1.54, 1.807) is 23.5 Å². The highest BCUT2D eigenvalue weighted by atomic mass is 32.1. The highest BCUT2D eigenvalue weighted by Gasteiger charge is 2.38. The molecule has 4 rings (SSSR count). The topological polar surface area (TPSA) is 40.5 Å². The third-order valence-corrected chi connectivity index (χ3v) is 6.13. The fraction of sp³-hybridized carbons (Fsp3) is 0.211. The molecule has 0 radical (unpaired) electrons. The number of phenolic OH excluding ortho intramolecular Hbond substituents is 1. The van der Waals surface area contributed by atoms with E-state index in [1.165, 1.54) is 20.5 Å². The molecule has 0 spiro atoms. The van der Waals surface area contributed by atoms with Crippen molar-refractivity contribution in [2.45, 2.75) is 19.4 Å². The largest absolute Gasteiger partial charge is 0.507 e. The first-order valence-corrected chi connectivity index (χ1v) is 8.35. The Morgan fingerprint density at radius 1 is 1.22 bits per heavy atom. The maximum atomic E-state index is 11.2. The van der Waals surface area contributed by atoms with Gasteiger partial charge in [0.1, 0.15) is 5.75 Å². The van der Waals surface area contributed by atoms with Crippen molar-refractivity contribution in [1.29, 1.82) is 0 Å². The molecule has 0 atom stereocenters. The number of rotatable bonds is 1. The number of fused-ring (bicyclic) bond motifs is 5. The molecule has 0 saturated heterocycles. The summed E-state index contributed by atoms with van der Waals surface area (Å²) in [6, 6.07) is 11.9. The predicted molar refractivity (Wildman–Crippen MR) is 95.7 cm³/mol. The Labute approximate surface area is 138 Å². The van der Waals surface area contributed by atoms with Crippen molar-refractivity contribution < 1.29 is 9.90 Å². The van der Waals surface area contributed by atoms with Gasteiger partial charge in [-0.1, -0.05) is 18.2 Å². The van der Waals surface area contributed by atoms with Gasteiger partial charge in [-0.2, -0.15) is 0 Å². The quantitative estimate of drug-likeness (QED) is 0.656. The van der Waals surface area contributed by atoms with Crippen LogP contribution in [0.4, 0.5) is 5.69 Å². The number of thiophene rings is 1. The Balaban J connectivity index is 2.15. The van der Waals surface area contributed by atoms with Gasteiger partial charge in [-0.15, -0.1) is 11.3 Å². The van der Waals surface area contributed by atoms with Crippen molar-refractivity contribution in [3.63, 3.8) is 0 Å². The molecule has 3 nitrogen and oxygen atoms in total. The predicted octanol–water partition coefficient (Wildman–Crippen LogP) is 4.77. The molecule has 4 heteroatoms. The smallest absolute Gasteiger partial charge is 0.153 e. The molecule has 2 aromatic carbocycles. The van der Waals surface area contributed by atoms with Crippen molar-refractivity contribution in [1.82, 2.24) is 0 Å². The van der Waals surface area contributed by atoms with Gasteiger partial charge in [0, 0.05) is 39.5 Å². The molecule has 23 heavy (non-hydrogen) atoms. The molecular formula is C19H17NO2S. The van der Waals surface area contributed by atoms with E-state index in [0.29, 0.717) is 11.8 Å². The summed E-state index contributed by atoms with van der Waals surface area (Å²) in [6.07, 6.45) is 0.711. The highest BCUT2D eigenvalue weighted by molar-refractivity contribution is 7.22. The van der Waals surface area contributed by atoms with Crippen LogP contribution in [0.1, 0.15) is 29.8 Å². The van der Waals surface area contributed by atoms with Crippen LogP contribution in [0.15, 0.2) is 36.4 Å². The third-order valence-electron chi connectivity index (χ3n) is 4.92. The Morgan fingerprint density at radius 2 is 1.96 bits per heavy atom. The number of anilines is 1. The molecule has 116 valence electrons. The van der Waals surface area contributed by atoms with Gasteiger partial charge in [-0.25, -0.2) is 0 Å². The molecule has 0 amide bonds. The van der Waals surface area contributed by atoms with Crippen molar-refractivity contribution in [3.05, 3.63) is 47.5 Å². The zero-order valence-corrected chi connectivity index (χ0v) is 14.1. The van der Waals surface area contributed by atoms with E-state index >= 15 is 0 Å². The lowest BCUT2D eigenvalue weighted by Gasteiger charge is -2.43. The van der Waals surface area contributed by atoms with Gasteiger partial charge >= 0.3 is 0 Å². The number of nitrogens with zero attached hydrogens (tertiary/aromatic N) is 1. The average molecular weight is 323 g/mol. The van der Waals surface area contributed by atoms with E-state index in [-0.39, 0.29) is 11.3 Å². The first-order chi connectivity index (χ1) is 10.9. The van der Waals surface area contributed by atoms with Crippen LogP contribution in [0.5, 0.6) is 5.75 Å². The van der Waals surface area contributed by atoms with Crippen LogP contribution in [-0.2, 0) is 5.54 Å². The lowest BCUT2D eigenvalue weighted by molar-refractivity contribution is 0.112. The number of aldehydes is 1. The van der Waals surface area contributed by atoms with E-state index in [2.05, 4.69) is 43.0 Å². The van der Waals surface area contributed by atoms with Gasteiger partial charge in [-0.3, -0.25) is 4.79 Å². The van der Waals surface area contributed by atoms with Crippen molar-refractivity contribution >= 4 is 33.4 Å². The van der Waals surface area contributed by atoms with Crippen molar-refractivity contribution in [3.8, 4) is 16.2 Å². The van der Waals surface area contributed by atoms with Crippen molar-refractivity contribution in [2.75, 3.05) is 11.9 Å². The molecule has 1 aliphatic rings. The average Bonchev–Trinajstić information content (AvgIpc) is 2.93. The molecule has 1 N–H and O–H groups in total. The van der Waals surface area contributed by atoms with E-state index in [9.17, 15) is 9.90 Å². The monoisotopic (exact) mass is 323 g/mol. The summed E-state index contributed by atoms with van der Waals surface area (Å²) in [6.45, 7) is 4.39. The van der Waals surface area contributed by atoms with E-state index < -0.39 is 0 Å². The number of benzene rings is 2. The van der Waals surface area contributed by atoms with Gasteiger partial charge in [0.2, 0.25) is 0 Å². The van der Waals surface area contributed by atoms with Crippen LogP contribution >= 0.6 is 11.3 Å². The Bertz CT molecular complexity index is 955. The summed E-state index contributed by atoms with van der Waals surface area (Å²) in [4.78, 5) is 14.6. The second-order valence-corrected chi connectivity index (χ2v) is 7.52. The summed E-state index contributed by atoms with van der Waals surface area (Å²) < 4.78 is 1.24. The fourth-order valence-corrected chi connectivity index (χ4v) is 4.84. The maximum Gasteiger partial charge on any atom is 0.153 e. The van der Waals surface area contributed by atoms with Crippen LogP contribution in [0.3, 0.4) is 0 Å². The Morgan fingerprint density at radius 3 is 2.70 bits per heavy atom. The normalized spacial score (nSPS) is 15.3. The number of carbonyl (C=O) groups is 1. The molecule has 2 heterocycles. The molecular weight excluding hydrogens is 306 g/mol. The second-order valence-electron chi connectivity index (χ2n) is 6.47. The van der Waals surface area contributed by atoms with E-state index in [4.69, 9.17) is 0 Å². The summed E-state index contributed by atoms with van der Waals surface area (Å²) in [7, 11) is 2.04. The van der Waals surface area contributed by atoms with Crippen LogP contribution in [0.25, 0.3) is 20.5 Å². The summed E-state index contributed by atoms with van der Waals surface area (Å²) in [5.74, 6) is 0.0333. The lowest BCUT2D eigenvalue weighted by atomic mass is 9.83. The molecule has 0 unspecified atom stereocenters. The Kier molecular flexibility index (Phi) is 2.85. The van der Waals surface area contributed by atoms with Gasteiger partial charge in [0.15, 0.2) is 6.29 Å². The van der Waals surface area contributed by atoms with Crippen LogP contribution in [-0.4, -0.2) is 18.4 Å². The van der Waals surface area contributed by atoms with Crippen LogP contribution in [0, 0.1) is 0 Å². The Hall–Kier alpha value is -2.33. The molecule has 1 aliphatic heterocycles. The van der Waals surface area contributed by atoms with E-state index in [1.807, 2.05) is 7.05 Å². The number of carbonyl (C=O) groups excluding carboxylic acids is 1. The number of hydrogen-bond donors (Lipinski definition) is 1. The minimum Gasteiger partial charge on any atom is -0.507 e. The summed E-state index contributed by atoms with van der Waals surface area (Å²) >= 11 is 1.75. The number of hydrogen-bond acceptors (Lipinski definition) is 4. The molecule has 0 bridgehead atoms. The lowest BCUT2D eigenvalue weighted by Crippen LogP contribution is -2.41. The van der Waals surface area contributed by atoms with Gasteiger partial charge in [-0.05, 0) is 31.4 Å². The van der Waals surface area contributed by atoms with Crippen LogP contribution in [0.2, 0.25) is 0 Å². The molecule has 0 fully saturated rings. The molecule has 1 aromatic heterocycles. The first kappa shape index (κ1) is 14.3. The SMILES string of the molecule is CN1c2cc(O)c(C=O)cc2-c2sc3ccccc3c2C1(C)C. The van der Waals surface area contributed by atoms with E-state index in [0.717, 1.165) is 11.3 Å². The molecule has 0 saturated carbocycles. The third kappa shape index (κ3) is 1.78. The highest BCUT2D eigenvalue weighted by Crippen LogP contribution is 2.54. The van der Waals surface area contributed by atoms with Gasteiger partial charge in [0.25, 0.3) is 0 Å². The van der Waals surface area contributed by atoms with Crippen LogP contribution < -0.4 is 4.90 Å². The zero-order valence-electron chi connectivity index (χ0n) is 13.3. The minimum absolute atomic E-state index is 0.0333. The first-order valence-electron chi connectivity index (χ1n) is 7.53. The summed E-state index contributed by atoms with van der Waals surface area (Å²) in [5, 5.41) is 11.3. The fourth-order valence-electron chi connectivity index (χ4n) is 3.46. The number of aromatic hydroxyl groups is 1. The second kappa shape index (κ2) is 4.59. The maximum absolute atomic E-state index is 11.2. The van der Waals surface area contributed by atoms with Gasteiger partial charge in [0.05, 0.1) is 11.1 Å². The number of phenols is 1. The summed E-state index contributed by atoms with van der Waals surface area (Å²) in [5.41, 5.74) is 3.40. The molecule has 0 aliphatic carbocycles. The van der Waals surface area contributed by atoms with Crippen molar-refractivity contribution in [2.24, 2.45) is 0 Å².